The molecule has 1 aromatic carbocycles. The fraction of sp³-hybridized carbons (Fsp3) is 0.533. The lowest BCUT2D eigenvalue weighted by atomic mass is 10.1. The second-order valence-electron chi connectivity index (χ2n) is 5.84. The highest BCUT2D eigenvalue weighted by Crippen LogP contribution is 2.13. The van der Waals surface area contributed by atoms with Crippen LogP contribution in [0, 0.1) is 0 Å². The van der Waals surface area contributed by atoms with Crippen LogP contribution in [0.2, 0.25) is 0 Å². The van der Waals surface area contributed by atoms with Crippen molar-refractivity contribution >= 4 is 15.8 Å². The Hall–Kier alpha value is -1.40. The molecule has 1 N–H and O–H groups in total. The lowest BCUT2D eigenvalue weighted by molar-refractivity contribution is -0.136. The normalized spacial score (nSPS) is 13.9. The lowest BCUT2D eigenvalue weighted by Crippen LogP contribution is -2.36. The number of ether oxygens (including phenoxy) is 1. The molecular formula is C15H22O5S. The smallest absolute Gasteiger partial charge is 0.322 e. The van der Waals surface area contributed by atoms with Gasteiger partial charge in [0, 0.05) is 0 Å². The van der Waals surface area contributed by atoms with Crippen LogP contribution in [0.5, 0.6) is 0 Å². The summed E-state index contributed by atoms with van der Waals surface area (Å²) in [7, 11) is -3.77. The van der Waals surface area contributed by atoms with Gasteiger partial charge in [0.05, 0.1) is 18.0 Å². The maximum absolute atomic E-state index is 12.2. The van der Waals surface area contributed by atoms with Gasteiger partial charge in [0.1, 0.15) is 0 Å². The van der Waals surface area contributed by atoms with E-state index in [-0.39, 0.29) is 18.8 Å². The molecule has 1 aromatic rings. The number of aliphatic carboxylic acids is 1. The highest BCUT2D eigenvalue weighted by atomic mass is 32.2. The van der Waals surface area contributed by atoms with Crippen molar-refractivity contribution in [3.05, 3.63) is 35.9 Å². The van der Waals surface area contributed by atoms with E-state index in [1.54, 1.807) is 30.3 Å². The third kappa shape index (κ3) is 6.27. The molecule has 118 valence electrons. The zero-order chi connectivity index (χ0) is 16.1. The number of rotatable bonds is 7. The van der Waals surface area contributed by atoms with Gasteiger partial charge in [-0.05, 0) is 32.8 Å². The topological polar surface area (TPSA) is 80.7 Å². The van der Waals surface area contributed by atoms with Crippen LogP contribution in [0.4, 0.5) is 0 Å². The van der Waals surface area contributed by atoms with E-state index in [2.05, 4.69) is 0 Å². The minimum Gasteiger partial charge on any atom is -0.480 e. The predicted molar refractivity (Wildman–Crippen MR) is 81.1 cm³/mol. The van der Waals surface area contributed by atoms with E-state index in [9.17, 15) is 18.3 Å². The van der Waals surface area contributed by atoms with Crippen molar-refractivity contribution in [2.45, 2.75) is 38.0 Å². The van der Waals surface area contributed by atoms with E-state index in [0.29, 0.717) is 5.56 Å². The summed E-state index contributed by atoms with van der Waals surface area (Å²) in [6.07, 6.45) is -0.0337. The van der Waals surface area contributed by atoms with Gasteiger partial charge in [-0.15, -0.1) is 0 Å². The van der Waals surface area contributed by atoms with Crippen molar-refractivity contribution in [2.75, 3.05) is 12.4 Å². The monoisotopic (exact) mass is 314 g/mol. The van der Waals surface area contributed by atoms with Gasteiger partial charge in [-0.25, -0.2) is 8.42 Å². The molecule has 0 aliphatic carbocycles. The second-order valence-corrected chi connectivity index (χ2v) is 8.15. The van der Waals surface area contributed by atoms with Crippen LogP contribution in [0.1, 0.15) is 26.3 Å². The Morgan fingerprint density at radius 3 is 2.29 bits per heavy atom. The first-order chi connectivity index (χ1) is 9.62. The van der Waals surface area contributed by atoms with Crippen molar-refractivity contribution in [2.24, 2.45) is 0 Å². The Morgan fingerprint density at radius 2 is 1.81 bits per heavy atom. The third-order valence-corrected chi connectivity index (χ3v) is 4.85. The Balaban J connectivity index is 2.77. The molecule has 0 bridgehead atoms. The van der Waals surface area contributed by atoms with E-state index >= 15 is 0 Å². The summed E-state index contributed by atoms with van der Waals surface area (Å²) in [6.45, 7) is 5.44. The summed E-state index contributed by atoms with van der Waals surface area (Å²) in [5, 5.41) is 7.77. The molecule has 0 saturated heterocycles. The van der Waals surface area contributed by atoms with E-state index in [4.69, 9.17) is 4.74 Å². The van der Waals surface area contributed by atoms with E-state index in [0.717, 1.165) is 0 Å². The van der Waals surface area contributed by atoms with E-state index in [1.165, 1.54) is 0 Å². The van der Waals surface area contributed by atoms with Crippen LogP contribution in [0.15, 0.2) is 30.3 Å². The average molecular weight is 314 g/mol. The Morgan fingerprint density at radius 1 is 1.24 bits per heavy atom. The SMILES string of the molecule is CC(C)(C)OCCS(=O)(=O)C(Cc1ccccc1)C(=O)O. The largest absolute Gasteiger partial charge is 0.480 e. The van der Waals surface area contributed by atoms with Gasteiger partial charge in [0.15, 0.2) is 15.1 Å². The Labute approximate surface area is 125 Å². The van der Waals surface area contributed by atoms with Crippen molar-refractivity contribution in [1.82, 2.24) is 0 Å². The van der Waals surface area contributed by atoms with Crippen LogP contribution in [-0.2, 0) is 25.8 Å². The van der Waals surface area contributed by atoms with Gasteiger partial charge in [0.2, 0.25) is 0 Å². The molecule has 1 rings (SSSR count). The average Bonchev–Trinajstić information content (AvgIpc) is 2.34. The van der Waals surface area contributed by atoms with Gasteiger partial charge in [-0.1, -0.05) is 30.3 Å². The van der Waals surface area contributed by atoms with Gasteiger partial charge in [-0.3, -0.25) is 4.79 Å². The summed E-state index contributed by atoms with van der Waals surface area (Å²) in [4.78, 5) is 11.3. The molecule has 0 saturated carbocycles. The second kappa shape index (κ2) is 7.04. The highest BCUT2D eigenvalue weighted by Gasteiger charge is 2.32. The summed E-state index contributed by atoms with van der Waals surface area (Å²) >= 11 is 0. The third-order valence-electron chi connectivity index (χ3n) is 2.88. The lowest BCUT2D eigenvalue weighted by Gasteiger charge is -2.20. The molecule has 0 radical (unpaired) electrons. The van der Waals surface area contributed by atoms with Crippen molar-refractivity contribution in [3.63, 3.8) is 0 Å². The summed E-state index contributed by atoms with van der Waals surface area (Å²) < 4.78 is 29.8. The zero-order valence-electron chi connectivity index (χ0n) is 12.6. The predicted octanol–water partition coefficient (Wildman–Crippen LogP) is 1.91. The molecule has 5 nitrogen and oxygen atoms in total. The summed E-state index contributed by atoms with van der Waals surface area (Å²) in [6, 6.07) is 8.74. The molecule has 0 heterocycles. The summed E-state index contributed by atoms with van der Waals surface area (Å²) in [5.74, 6) is -1.62. The molecule has 0 amide bonds. The van der Waals surface area contributed by atoms with Crippen molar-refractivity contribution in [3.8, 4) is 0 Å². The van der Waals surface area contributed by atoms with Crippen molar-refractivity contribution in [1.29, 1.82) is 0 Å². The molecule has 0 aliphatic rings. The van der Waals surface area contributed by atoms with Crippen molar-refractivity contribution < 1.29 is 23.1 Å². The van der Waals surface area contributed by atoms with Gasteiger partial charge < -0.3 is 9.84 Å². The number of hydrogen-bond donors (Lipinski definition) is 1. The highest BCUT2D eigenvalue weighted by molar-refractivity contribution is 7.92. The number of hydrogen-bond acceptors (Lipinski definition) is 4. The molecule has 6 heteroatoms. The van der Waals surface area contributed by atoms with Crippen LogP contribution < -0.4 is 0 Å². The molecule has 1 unspecified atom stereocenters. The number of carboxylic acids is 1. The molecule has 0 aromatic heterocycles. The van der Waals surface area contributed by atoms with E-state index in [1.807, 2.05) is 20.8 Å². The molecule has 0 fully saturated rings. The quantitative estimate of drug-likeness (QED) is 0.831. The number of carbonyl (C=O) groups is 1. The molecule has 0 spiro atoms. The fourth-order valence-electron chi connectivity index (χ4n) is 1.80. The first-order valence-corrected chi connectivity index (χ1v) is 8.45. The molecule has 1 atom stereocenters. The Kier molecular flexibility index (Phi) is 5.92. The van der Waals surface area contributed by atoms with Crippen LogP contribution in [0.25, 0.3) is 0 Å². The zero-order valence-corrected chi connectivity index (χ0v) is 13.4. The van der Waals surface area contributed by atoms with Crippen LogP contribution in [0.3, 0.4) is 0 Å². The van der Waals surface area contributed by atoms with Gasteiger partial charge in [-0.2, -0.15) is 0 Å². The standard InChI is InChI=1S/C15H22O5S/c1-15(2,3)20-9-10-21(18,19)13(14(16)17)11-12-7-5-4-6-8-12/h4-8,13H,9-11H2,1-3H3,(H,16,17). The number of sulfone groups is 1. The molecule has 21 heavy (non-hydrogen) atoms. The minimum absolute atomic E-state index is 0.00952. The minimum atomic E-state index is -3.77. The Bertz CT molecular complexity index is 557. The fourth-order valence-corrected chi connectivity index (χ4v) is 3.16. The maximum Gasteiger partial charge on any atom is 0.322 e. The van der Waals surface area contributed by atoms with Crippen LogP contribution >= 0.6 is 0 Å². The van der Waals surface area contributed by atoms with Crippen LogP contribution in [-0.4, -0.2) is 42.7 Å². The van der Waals surface area contributed by atoms with E-state index < -0.39 is 26.7 Å². The molecule has 0 aliphatic heterocycles. The number of carboxylic acid groups (broad SMARTS) is 1. The first-order valence-electron chi connectivity index (χ1n) is 6.74. The van der Waals surface area contributed by atoms with Gasteiger partial charge >= 0.3 is 5.97 Å². The summed E-state index contributed by atoms with van der Waals surface area (Å²) in [5.41, 5.74) is 0.235. The maximum atomic E-state index is 12.2. The first kappa shape index (κ1) is 17.7. The molecular weight excluding hydrogens is 292 g/mol. The number of benzene rings is 1. The van der Waals surface area contributed by atoms with Gasteiger partial charge in [0.25, 0.3) is 0 Å².